The van der Waals surface area contributed by atoms with E-state index in [0.29, 0.717) is 0 Å². The highest BCUT2D eigenvalue weighted by Gasteiger charge is 2.05. The van der Waals surface area contributed by atoms with Crippen molar-refractivity contribution in [3.05, 3.63) is 48.5 Å². The van der Waals surface area contributed by atoms with Crippen molar-refractivity contribution in [1.82, 2.24) is 0 Å². The van der Waals surface area contributed by atoms with E-state index in [4.69, 9.17) is 5.73 Å². The monoisotopic (exact) mass is 198 g/mol. The van der Waals surface area contributed by atoms with Crippen LogP contribution in [0.5, 0.6) is 0 Å². The molecule has 0 saturated carbocycles. The van der Waals surface area contributed by atoms with Gasteiger partial charge in [0.1, 0.15) is 0 Å². The van der Waals surface area contributed by atoms with Crippen LogP contribution in [-0.4, -0.2) is 7.05 Å². The minimum Gasteiger partial charge on any atom is -0.397 e. The van der Waals surface area contributed by atoms with Crippen LogP contribution in [0.1, 0.15) is 0 Å². The minimum absolute atomic E-state index is 0.777. The lowest BCUT2D eigenvalue weighted by atomic mass is 10.0. The van der Waals surface area contributed by atoms with Crippen molar-refractivity contribution >= 4 is 11.4 Å². The normalized spacial score (nSPS) is 9.93. The molecule has 2 aromatic rings. The van der Waals surface area contributed by atoms with Crippen LogP contribution in [0.15, 0.2) is 48.5 Å². The molecule has 0 heterocycles. The van der Waals surface area contributed by atoms with E-state index in [-0.39, 0.29) is 0 Å². The van der Waals surface area contributed by atoms with Crippen molar-refractivity contribution in [3.63, 3.8) is 0 Å². The predicted octanol–water partition coefficient (Wildman–Crippen LogP) is 2.98. The highest BCUT2D eigenvalue weighted by atomic mass is 14.9. The van der Waals surface area contributed by atoms with Crippen molar-refractivity contribution < 1.29 is 0 Å². The molecule has 0 radical (unpaired) electrons. The molecule has 0 unspecified atom stereocenters. The first-order valence-electron chi connectivity index (χ1n) is 4.94. The van der Waals surface area contributed by atoms with Gasteiger partial charge >= 0.3 is 0 Å². The van der Waals surface area contributed by atoms with Crippen molar-refractivity contribution in [2.45, 2.75) is 0 Å². The van der Waals surface area contributed by atoms with E-state index in [1.807, 2.05) is 37.4 Å². The Morgan fingerprint density at radius 1 is 0.933 bits per heavy atom. The van der Waals surface area contributed by atoms with Crippen LogP contribution < -0.4 is 11.1 Å². The molecular formula is C13H14N2. The zero-order valence-corrected chi connectivity index (χ0v) is 8.70. The molecule has 0 spiro atoms. The molecule has 2 aromatic carbocycles. The average molecular weight is 198 g/mol. The van der Waals surface area contributed by atoms with Gasteiger partial charge in [-0.15, -0.1) is 0 Å². The van der Waals surface area contributed by atoms with E-state index in [1.165, 1.54) is 5.56 Å². The third-order valence-electron chi connectivity index (χ3n) is 2.43. The van der Waals surface area contributed by atoms with Gasteiger partial charge in [-0.1, -0.05) is 42.5 Å². The van der Waals surface area contributed by atoms with E-state index in [1.54, 1.807) is 0 Å². The Bertz CT molecular complexity index is 449. The molecule has 2 nitrogen and oxygen atoms in total. The van der Waals surface area contributed by atoms with Gasteiger partial charge in [0.15, 0.2) is 0 Å². The smallest absolute Gasteiger partial charge is 0.0650 e. The van der Waals surface area contributed by atoms with Crippen molar-refractivity contribution in [2.75, 3.05) is 18.1 Å². The molecule has 0 aliphatic carbocycles. The van der Waals surface area contributed by atoms with E-state index in [2.05, 4.69) is 23.5 Å². The second-order valence-electron chi connectivity index (χ2n) is 3.39. The molecule has 0 aliphatic rings. The van der Waals surface area contributed by atoms with Gasteiger partial charge in [0.05, 0.1) is 11.4 Å². The maximum absolute atomic E-state index is 5.91. The summed E-state index contributed by atoms with van der Waals surface area (Å²) in [7, 11) is 1.89. The number of benzene rings is 2. The van der Waals surface area contributed by atoms with Gasteiger partial charge in [-0.05, 0) is 11.6 Å². The summed E-state index contributed by atoms with van der Waals surface area (Å²) in [4.78, 5) is 0. The molecule has 0 saturated heterocycles. The molecule has 0 amide bonds. The number of anilines is 2. The quantitative estimate of drug-likeness (QED) is 0.728. The fraction of sp³-hybridized carbons (Fsp3) is 0.0769. The number of nitrogen functional groups attached to an aromatic ring is 1. The summed E-state index contributed by atoms with van der Waals surface area (Å²) < 4.78 is 0. The molecule has 76 valence electrons. The van der Waals surface area contributed by atoms with Crippen LogP contribution in [0.3, 0.4) is 0 Å². The van der Waals surface area contributed by atoms with E-state index < -0.39 is 0 Å². The number of para-hydroxylation sites is 1. The van der Waals surface area contributed by atoms with Crippen molar-refractivity contribution in [1.29, 1.82) is 0 Å². The highest BCUT2D eigenvalue weighted by molar-refractivity contribution is 5.85. The molecular weight excluding hydrogens is 184 g/mol. The van der Waals surface area contributed by atoms with Gasteiger partial charge in [0.25, 0.3) is 0 Å². The summed E-state index contributed by atoms with van der Waals surface area (Å²) in [6.07, 6.45) is 0. The molecule has 0 aliphatic heterocycles. The maximum atomic E-state index is 5.91. The summed E-state index contributed by atoms with van der Waals surface area (Å²) in [6, 6.07) is 16.2. The van der Waals surface area contributed by atoms with Crippen LogP contribution in [0.4, 0.5) is 11.4 Å². The summed E-state index contributed by atoms with van der Waals surface area (Å²) in [5.74, 6) is 0. The van der Waals surface area contributed by atoms with E-state index in [0.717, 1.165) is 16.9 Å². The Kier molecular flexibility index (Phi) is 2.59. The topological polar surface area (TPSA) is 38.0 Å². The summed E-state index contributed by atoms with van der Waals surface area (Å²) >= 11 is 0. The van der Waals surface area contributed by atoms with E-state index >= 15 is 0 Å². The number of nitrogens with one attached hydrogen (secondary N) is 1. The van der Waals surface area contributed by atoms with Crippen LogP contribution >= 0.6 is 0 Å². The highest BCUT2D eigenvalue weighted by Crippen LogP contribution is 2.31. The zero-order chi connectivity index (χ0) is 10.7. The lowest BCUT2D eigenvalue weighted by Crippen LogP contribution is -1.97. The Labute approximate surface area is 89.7 Å². The molecule has 2 rings (SSSR count). The molecule has 0 fully saturated rings. The first-order chi connectivity index (χ1) is 7.33. The lowest BCUT2D eigenvalue weighted by Gasteiger charge is -2.11. The number of nitrogens with two attached hydrogens (primary N) is 1. The standard InChI is InChI=1S/C13H14N2/c1-15-13-11(8-5-9-12(13)14)10-6-3-2-4-7-10/h2-9,15H,14H2,1H3. The summed E-state index contributed by atoms with van der Waals surface area (Å²) in [5, 5.41) is 3.14. The van der Waals surface area contributed by atoms with Crippen molar-refractivity contribution in [3.8, 4) is 11.1 Å². The second-order valence-corrected chi connectivity index (χ2v) is 3.39. The molecule has 0 atom stereocenters. The largest absolute Gasteiger partial charge is 0.397 e. The average Bonchev–Trinajstić information content (AvgIpc) is 2.30. The fourth-order valence-corrected chi connectivity index (χ4v) is 1.71. The zero-order valence-electron chi connectivity index (χ0n) is 8.70. The van der Waals surface area contributed by atoms with Gasteiger partial charge in [0, 0.05) is 12.6 Å². The molecule has 0 bridgehead atoms. The third-order valence-corrected chi connectivity index (χ3v) is 2.43. The van der Waals surface area contributed by atoms with Crippen LogP contribution in [-0.2, 0) is 0 Å². The van der Waals surface area contributed by atoms with Gasteiger partial charge in [-0.3, -0.25) is 0 Å². The first kappa shape index (κ1) is 9.59. The Morgan fingerprint density at radius 2 is 1.67 bits per heavy atom. The fourth-order valence-electron chi connectivity index (χ4n) is 1.71. The van der Waals surface area contributed by atoms with Crippen LogP contribution in [0, 0.1) is 0 Å². The Hall–Kier alpha value is -1.96. The second kappa shape index (κ2) is 4.05. The van der Waals surface area contributed by atoms with Crippen molar-refractivity contribution in [2.24, 2.45) is 0 Å². The number of hydrogen-bond acceptors (Lipinski definition) is 2. The SMILES string of the molecule is CNc1c(N)cccc1-c1ccccc1. The summed E-state index contributed by atoms with van der Waals surface area (Å²) in [5.41, 5.74) is 9.99. The molecule has 2 heteroatoms. The predicted molar refractivity (Wildman–Crippen MR) is 65.8 cm³/mol. The minimum atomic E-state index is 0.777. The van der Waals surface area contributed by atoms with E-state index in [9.17, 15) is 0 Å². The molecule has 15 heavy (non-hydrogen) atoms. The lowest BCUT2D eigenvalue weighted by molar-refractivity contribution is 1.50. The molecule has 3 N–H and O–H groups in total. The Balaban J connectivity index is 2.58. The first-order valence-corrected chi connectivity index (χ1v) is 4.94. The number of rotatable bonds is 2. The Morgan fingerprint density at radius 3 is 2.33 bits per heavy atom. The maximum Gasteiger partial charge on any atom is 0.0650 e. The van der Waals surface area contributed by atoms with Gasteiger partial charge in [0.2, 0.25) is 0 Å². The summed E-state index contributed by atoms with van der Waals surface area (Å²) in [6.45, 7) is 0. The van der Waals surface area contributed by atoms with Crippen LogP contribution in [0.25, 0.3) is 11.1 Å². The van der Waals surface area contributed by atoms with Crippen LogP contribution in [0.2, 0.25) is 0 Å². The third kappa shape index (κ3) is 1.79. The van der Waals surface area contributed by atoms with Gasteiger partial charge in [-0.25, -0.2) is 0 Å². The number of hydrogen-bond donors (Lipinski definition) is 2. The molecule has 0 aromatic heterocycles. The van der Waals surface area contributed by atoms with Gasteiger partial charge < -0.3 is 11.1 Å². The van der Waals surface area contributed by atoms with Gasteiger partial charge in [-0.2, -0.15) is 0 Å².